The van der Waals surface area contributed by atoms with E-state index in [9.17, 15) is 27.2 Å². The fraction of sp³-hybridized carbons (Fsp3) is 0.0667. The summed E-state index contributed by atoms with van der Waals surface area (Å²) in [6.45, 7) is 0. The zero-order valence-corrected chi connectivity index (χ0v) is 11.4. The smallest absolute Gasteiger partial charge is 0.366 e. The highest BCUT2D eigenvalue weighted by atomic mass is 19.4. The molecule has 0 aliphatic rings. The Bertz CT molecular complexity index is 768. The van der Waals surface area contributed by atoms with Gasteiger partial charge >= 0.3 is 6.18 Å². The Labute approximate surface area is 127 Å². The van der Waals surface area contributed by atoms with Gasteiger partial charge in [-0.3, -0.25) is 9.59 Å². The first-order valence-corrected chi connectivity index (χ1v) is 6.22. The van der Waals surface area contributed by atoms with Gasteiger partial charge in [-0.15, -0.1) is 0 Å². The average Bonchev–Trinajstić information content (AvgIpc) is 2.45. The van der Waals surface area contributed by atoms with Crippen molar-refractivity contribution < 1.29 is 27.2 Å². The van der Waals surface area contributed by atoms with Crippen LogP contribution in [0.15, 0.2) is 36.4 Å². The summed E-state index contributed by atoms with van der Waals surface area (Å²) < 4.78 is 51.9. The summed E-state index contributed by atoms with van der Waals surface area (Å²) >= 11 is 0. The van der Waals surface area contributed by atoms with Gasteiger partial charge in [-0.2, -0.15) is 13.2 Å². The summed E-state index contributed by atoms with van der Waals surface area (Å²) in [6.07, 6.45) is -4.94. The normalized spacial score (nSPS) is 11.3. The summed E-state index contributed by atoms with van der Waals surface area (Å²) in [5.74, 6) is -3.39. The molecule has 0 spiro atoms. The number of carbonyl (C=O) groups is 2. The standard InChI is InChI=1S/C15H10F4N2O2/c16-11-5-4-7(6-10(11)15(17,18)19)12-8(13(20)22)2-1-3-9(12)14(21)23/h1-6H,(H2,20,22)(H2,21,23). The number of hydrogen-bond acceptors (Lipinski definition) is 2. The first-order chi connectivity index (χ1) is 10.6. The van der Waals surface area contributed by atoms with Crippen LogP contribution in [-0.2, 0) is 6.18 Å². The van der Waals surface area contributed by atoms with Crippen molar-refractivity contribution in [1.82, 2.24) is 0 Å². The molecule has 0 heterocycles. The van der Waals surface area contributed by atoms with Crippen LogP contribution in [0.1, 0.15) is 26.3 Å². The Morgan fingerprint density at radius 3 is 1.87 bits per heavy atom. The van der Waals surface area contributed by atoms with Gasteiger partial charge in [0, 0.05) is 16.7 Å². The molecule has 0 atom stereocenters. The second-order valence-electron chi connectivity index (χ2n) is 4.65. The highest BCUT2D eigenvalue weighted by Gasteiger charge is 2.34. The molecule has 0 bridgehead atoms. The molecular weight excluding hydrogens is 316 g/mol. The van der Waals surface area contributed by atoms with Crippen LogP contribution in [0.5, 0.6) is 0 Å². The van der Waals surface area contributed by atoms with Crippen LogP contribution in [0.4, 0.5) is 17.6 Å². The fourth-order valence-corrected chi connectivity index (χ4v) is 2.17. The van der Waals surface area contributed by atoms with E-state index < -0.39 is 29.4 Å². The highest BCUT2D eigenvalue weighted by molar-refractivity contribution is 6.08. The predicted octanol–water partition coefficient (Wildman–Crippen LogP) is 2.71. The van der Waals surface area contributed by atoms with E-state index in [1.807, 2.05) is 0 Å². The van der Waals surface area contributed by atoms with E-state index in [2.05, 4.69) is 0 Å². The van der Waals surface area contributed by atoms with Crippen molar-refractivity contribution >= 4 is 11.8 Å². The SMILES string of the molecule is NC(=O)c1cccc(C(N)=O)c1-c1ccc(F)c(C(F)(F)F)c1. The molecule has 23 heavy (non-hydrogen) atoms. The highest BCUT2D eigenvalue weighted by Crippen LogP contribution is 2.36. The topological polar surface area (TPSA) is 86.2 Å². The molecule has 0 aromatic heterocycles. The van der Waals surface area contributed by atoms with Crippen LogP contribution in [-0.4, -0.2) is 11.8 Å². The molecule has 4 N–H and O–H groups in total. The van der Waals surface area contributed by atoms with Crippen LogP contribution in [0.2, 0.25) is 0 Å². The van der Waals surface area contributed by atoms with Crippen LogP contribution < -0.4 is 11.5 Å². The second kappa shape index (κ2) is 5.71. The minimum absolute atomic E-state index is 0.169. The Kier molecular flexibility index (Phi) is 4.09. The van der Waals surface area contributed by atoms with Gasteiger partial charge in [0.1, 0.15) is 5.82 Å². The Morgan fingerprint density at radius 2 is 1.43 bits per heavy atom. The van der Waals surface area contributed by atoms with Crippen LogP contribution in [0.3, 0.4) is 0 Å². The number of nitrogens with two attached hydrogens (primary N) is 2. The molecule has 8 heteroatoms. The molecule has 2 rings (SSSR count). The van der Waals surface area contributed by atoms with Gasteiger partial charge in [0.2, 0.25) is 11.8 Å². The first kappa shape index (κ1) is 16.5. The van der Waals surface area contributed by atoms with Crippen molar-refractivity contribution in [1.29, 1.82) is 0 Å². The predicted molar refractivity (Wildman–Crippen MR) is 73.9 cm³/mol. The Morgan fingerprint density at radius 1 is 0.913 bits per heavy atom. The minimum atomic E-state index is -4.94. The maximum absolute atomic E-state index is 13.4. The molecule has 0 radical (unpaired) electrons. The van der Waals surface area contributed by atoms with Gasteiger partial charge < -0.3 is 11.5 Å². The maximum Gasteiger partial charge on any atom is 0.419 e. The molecule has 0 aliphatic heterocycles. The average molecular weight is 326 g/mol. The number of hydrogen-bond donors (Lipinski definition) is 2. The molecule has 2 aromatic carbocycles. The lowest BCUT2D eigenvalue weighted by Gasteiger charge is -2.14. The van der Waals surface area contributed by atoms with E-state index >= 15 is 0 Å². The van der Waals surface area contributed by atoms with Crippen molar-refractivity contribution in [2.45, 2.75) is 6.18 Å². The number of amides is 2. The van der Waals surface area contributed by atoms with E-state index in [0.717, 1.165) is 6.07 Å². The van der Waals surface area contributed by atoms with Gasteiger partial charge in [0.15, 0.2) is 0 Å². The number of primary amides is 2. The molecule has 0 saturated carbocycles. The molecule has 4 nitrogen and oxygen atoms in total. The number of benzene rings is 2. The van der Waals surface area contributed by atoms with Crippen LogP contribution >= 0.6 is 0 Å². The monoisotopic (exact) mass is 326 g/mol. The molecule has 0 aliphatic carbocycles. The molecule has 120 valence electrons. The largest absolute Gasteiger partial charge is 0.419 e. The van der Waals surface area contributed by atoms with E-state index in [0.29, 0.717) is 12.1 Å². The quantitative estimate of drug-likeness (QED) is 0.850. The molecule has 2 amide bonds. The number of carbonyl (C=O) groups excluding carboxylic acids is 2. The first-order valence-electron chi connectivity index (χ1n) is 6.22. The number of halogens is 4. The lowest BCUT2D eigenvalue weighted by molar-refractivity contribution is -0.139. The van der Waals surface area contributed by atoms with Crippen LogP contribution in [0, 0.1) is 5.82 Å². The third-order valence-corrected chi connectivity index (χ3v) is 3.16. The van der Waals surface area contributed by atoms with Gasteiger partial charge in [-0.05, 0) is 29.8 Å². The molecular formula is C15H10F4N2O2. The zero-order valence-electron chi connectivity index (χ0n) is 11.4. The summed E-state index contributed by atoms with van der Waals surface area (Å²) in [5.41, 5.74) is 8.10. The van der Waals surface area contributed by atoms with Crippen molar-refractivity contribution in [2.75, 3.05) is 0 Å². The van der Waals surface area contributed by atoms with Gasteiger partial charge in [0.05, 0.1) is 5.56 Å². The minimum Gasteiger partial charge on any atom is -0.366 e. The van der Waals surface area contributed by atoms with Gasteiger partial charge in [-0.1, -0.05) is 12.1 Å². The molecule has 0 saturated heterocycles. The summed E-state index contributed by atoms with van der Waals surface area (Å²) in [7, 11) is 0. The maximum atomic E-state index is 13.4. The van der Waals surface area contributed by atoms with E-state index in [1.165, 1.54) is 18.2 Å². The number of rotatable bonds is 3. The fourth-order valence-electron chi connectivity index (χ4n) is 2.17. The third kappa shape index (κ3) is 3.15. The summed E-state index contributed by atoms with van der Waals surface area (Å²) in [6, 6.07) is 5.91. The van der Waals surface area contributed by atoms with Crippen molar-refractivity contribution in [3.63, 3.8) is 0 Å². The molecule has 0 fully saturated rings. The van der Waals surface area contributed by atoms with Gasteiger partial charge in [0.25, 0.3) is 0 Å². The Balaban J connectivity index is 2.81. The lowest BCUT2D eigenvalue weighted by atomic mass is 9.92. The van der Waals surface area contributed by atoms with Crippen LogP contribution in [0.25, 0.3) is 11.1 Å². The van der Waals surface area contributed by atoms with Crippen molar-refractivity contribution in [3.8, 4) is 11.1 Å². The number of alkyl halides is 3. The third-order valence-electron chi connectivity index (χ3n) is 3.16. The molecule has 0 unspecified atom stereocenters. The lowest BCUT2D eigenvalue weighted by Crippen LogP contribution is -2.18. The van der Waals surface area contributed by atoms with Crippen molar-refractivity contribution in [3.05, 3.63) is 58.9 Å². The van der Waals surface area contributed by atoms with E-state index in [4.69, 9.17) is 11.5 Å². The second-order valence-corrected chi connectivity index (χ2v) is 4.65. The summed E-state index contributed by atoms with van der Waals surface area (Å²) in [4.78, 5) is 23.0. The molecule has 2 aromatic rings. The van der Waals surface area contributed by atoms with Crippen molar-refractivity contribution in [2.24, 2.45) is 11.5 Å². The zero-order chi connectivity index (χ0) is 17.4. The Hall–Kier alpha value is -2.90. The van der Waals surface area contributed by atoms with Gasteiger partial charge in [-0.25, -0.2) is 4.39 Å². The summed E-state index contributed by atoms with van der Waals surface area (Å²) in [5, 5.41) is 0. The van der Waals surface area contributed by atoms with E-state index in [-0.39, 0.29) is 22.3 Å². The van der Waals surface area contributed by atoms with E-state index in [1.54, 1.807) is 0 Å².